The van der Waals surface area contributed by atoms with Crippen LogP contribution in [0.5, 0.6) is 0 Å². The Kier molecular flexibility index (Phi) is 27.2. The molecule has 0 heteroatoms. The van der Waals surface area contributed by atoms with Crippen LogP contribution in [0.2, 0.25) is 0 Å². The van der Waals surface area contributed by atoms with E-state index in [4.69, 9.17) is 0 Å². The van der Waals surface area contributed by atoms with Crippen LogP contribution in [-0.4, -0.2) is 0 Å². The van der Waals surface area contributed by atoms with Gasteiger partial charge in [-0.1, -0.05) is 195 Å². The van der Waals surface area contributed by atoms with Crippen LogP contribution in [0.1, 0.15) is 195 Å². The number of hydrogen-bond donors (Lipinski definition) is 0. The highest BCUT2D eigenvalue weighted by atomic mass is 14.2. The zero-order chi connectivity index (χ0) is 23.5. The molecular formula is C32H66. The van der Waals surface area contributed by atoms with Crippen molar-refractivity contribution in [1.29, 1.82) is 0 Å². The van der Waals surface area contributed by atoms with Crippen molar-refractivity contribution in [2.75, 3.05) is 0 Å². The molecule has 0 N–H and O–H groups in total. The second-order valence-corrected chi connectivity index (χ2v) is 11.1. The Bertz CT molecular complexity index is 288. The van der Waals surface area contributed by atoms with Crippen LogP contribution in [0.15, 0.2) is 0 Å². The number of rotatable bonds is 27. The quantitative estimate of drug-likeness (QED) is 0.109. The molecule has 0 bridgehead atoms. The minimum Gasteiger partial charge on any atom is -0.0654 e. The van der Waals surface area contributed by atoms with E-state index in [1.165, 1.54) is 167 Å². The first-order valence-corrected chi connectivity index (χ1v) is 15.8. The molecule has 0 aliphatic heterocycles. The highest BCUT2D eigenvalue weighted by molar-refractivity contribution is 4.67. The molecule has 0 aliphatic rings. The molecule has 194 valence electrons. The molecule has 32 heavy (non-hydrogen) atoms. The topological polar surface area (TPSA) is 0 Å². The molecule has 0 aromatic heterocycles. The lowest BCUT2D eigenvalue weighted by Crippen LogP contribution is -2.07. The van der Waals surface area contributed by atoms with E-state index in [0.29, 0.717) is 0 Å². The fraction of sp³-hybridized carbons (Fsp3) is 1.00. The van der Waals surface area contributed by atoms with Crippen LogP contribution in [0, 0.1) is 11.8 Å². The van der Waals surface area contributed by atoms with Gasteiger partial charge in [-0.25, -0.2) is 0 Å². The predicted molar refractivity (Wildman–Crippen MR) is 150 cm³/mol. The summed E-state index contributed by atoms with van der Waals surface area (Å²) in [4.78, 5) is 0. The summed E-state index contributed by atoms with van der Waals surface area (Å²) in [5.74, 6) is 2.06. The molecule has 0 aromatic rings. The maximum absolute atomic E-state index is 2.35. The Hall–Kier alpha value is 0. The van der Waals surface area contributed by atoms with E-state index >= 15 is 0 Å². The second-order valence-electron chi connectivity index (χ2n) is 11.1. The molecule has 0 saturated carbocycles. The van der Waals surface area contributed by atoms with E-state index in [1.54, 1.807) is 0 Å². The fourth-order valence-corrected chi connectivity index (χ4v) is 5.48. The van der Waals surface area contributed by atoms with Crippen LogP contribution in [-0.2, 0) is 0 Å². The minimum absolute atomic E-state index is 1.03. The summed E-state index contributed by atoms with van der Waals surface area (Å²) < 4.78 is 0. The molecule has 0 radical (unpaired) electrons. The van der Waals surface area contributed by atoms with Gasteiger partial charge in [0.25, 0.3) is 0 Å². The monoisotopic (exact) mass is 451 g/mol. The Morgan fingerprint density at radius 1 is 0.250 bits per heavy atom. The van der Waals surface area contributed by atoms with Crippen molar-refractivity contribution in [3.05, 3.63) is 0 Å². The zero-order valence-electron chi connectivity index (χ0n) is 23.5. The van der Waals surface area contributed by atoms with Gasteiger partial charge in [-0.3, -0.25) is 0 Å². The first-order chi connectivity index (χ1) is 15.8. The Labute approximate surface area is 206 Å². The molecule has 0 saturated heterocycles. The molecule has 2 unspecified atom stereocenters. The van der Waals surface area contributed by atoms with Crippen molar-refractivity contribution in [3.63, 3.8) is 0 Å². The molecule has 2 atom stereocenters. The van der Waals surface area contributed by atoms with Crippen molar-refractivity contribution >= 4 is 0 Å². The maximum atomic E-state index is 2.35. The molecule has 0 fully saturated rings. The third-order valence-corrected chi connectivity index (χ3v) is 7.85. The number of unbranched alkanes of at least 4 members (excludes halogenated alkanes) is 16. The third-order valence-electron chi connectivity index (χ3n) is 7.85. The zero-order valence-corrected chi connectivity index (χ0v) is 23.5. The molecule has 0 aromatic carbocycles. The molecule has 0 heterocycles. The minimum atomic E-state index is 1.03. The normalized spacial score (nSPS) is 13.5. The van der Waals surface area contributed by atoms with E-state index in [2.05, 4.69) is 27.7 Å². The van der Waals surface area contributed by atoms with Gasteiger partial charge in [-0.2, -0.15) is 0 Å². The summed E-state index contributed by atoms with van der Waals surface area (Å²) >= 11 is 0. The Morgan fingerprint density at radius 3 is 0.750 bits per heavy atom. The van der Waals surface area contributed by atoms with Crippen molar-refractivity contribution < 1.29 is 0 Å². The van der Waals surface area contributed by atoms with Crippen molar-refractivity contribution in [1.82, 2.24) is 0 Å². The summed E-state index contributed by atoms with van der Waals surface area (Å²) in [5.41, 5.74) is 0. The molecule has 0 nitrogen and oxygen atoms in total. The molecule has 0 amide bonds. The lowest BCUT2D eigenvalue weighted by Gasteiger charge is -2.22. The second kappa shape index (κ2) is 27.2. The standard InChI is InChI=1S/C32H66/c1-5-9-13-17-19-23-27-31(25-21-15-11-7-3)29-30-32(26-22-16-12-8-4)28-24-20-18-14-10-6-2/h31-32H,5-30H2,1-4H3. The third kappa shape index (κ3) is 23.2. The summed E-state index contributed by atoms with van der Waals surface area (Å²) in [6, 6.07) is 0. The molecule has 0 spiro atoms. The number of hydrogen-bond acceptors (Lipinski definition) is 0. The highest BCUT2D eigenvalue weighted by Crippen LogP contribution is 2.29. The van der Waals surface area contributed by atoms with E-state index < -0.39 is 0 Å². The van der Waals surface area contributed by atoms with Crippen LogP contribution >= 0.6 is 0 Å². The summed E-state index contributed by atoms with van der Waals surface area (Å²) in [6.45, 7) is 9.35. The van der Waals surface area contributed by atoms with E-state index in [-0.39, 0.29) is 0 Å². The van der Waals surface area contributed by atoms with Gasteiger partial charge in [0, 0.05) is 0 Å². The lowest BCUT2D eigenvalue weighted by atomic mass is 9.84. The first kappa shape index (κ1) is 32.0. The van der Waals surface area contributed by atoms with Crippen molar-refractivity contribution in [2.45, 2.75) is 195 Å². The van der Waals surface area contributed by atoms with Crippen molar-refractivity contribution in [3.8, 4) is 0 Å². The van der Waals surface area contributed by atoms with Gasteiger partial charge in [-0.05, 0) is 11.8 Å². The van der Waals surface area contributed by atoms with Gasteiger partial charge in [-0.15, -0.1) is 0 Å². The first-order valence-electron chi connectivity index (χ1n) is 15.8. The van der Waals surface area contributed by atoms with Gasteiger partial charge in [0.2, 0.25) is 0 Å². The van der Waals surface area contributed by atoms with Gasteiger partial charge in [0.1, 0.15) is 0 Å². The Balaban J connectivity index is 4.39. The fourth-order valence-electron chi connectivity index (χ4n) is 5.48. The molecule has 0 aliphatic carbocycles. The predicted octanol–water partition coefficient (Wildman–Crippen LogP) is 12.4. The van der Waals surface area contributed by atoms with Crippen LogP contribution in [0.25, 0.3) is 0 Å². The smallest absolute Gasteiger partial charge is 0.0414 e. The van der Waals surface area contributed by atoms with Gasteiger partial charge in [0.05, 0.1) is 0 Å². The summed E-state index contributed by atoms with van der Waals surface area (Å²) in [7, 11) is 0. The van der Waals surface area contributed by atoms with Crippen LogP contribution < -0.4 is 0 Å². The van der Waals surface area contributed by atoms with E-state index in [0.717, 1.165) is 11.8 Å². The molecular weight excluding hydrogens is 384 g/mol. The van der Waals surface area contributed by atoms with Gasteiger partial charge >= 0.3 is 0 Å². The van der Waals surface area contributed by atoms with E-state index in [1.807, 2.05) is 0 Å². The summed E-state index contributed by atoms with van der Waals surface area (Å²) in [5, 5.41) is 0. The SMILES string of the molecule is CCCCCCCCC(CCCCCC)CCC(CCCCCC)CCCCCCCC. The largest absolute Gasteiger partial charge is 0.0654 e. The van der Waals surface area contributed by atoms with Crippen LogP contribution in [0.3, 0.4) is 0 Å². The average molecular weight is 451 g/mol. The highest BCUT2D eigenvalue weighted by Gasteiger charge is 2.14. The summed E-state index contributed by atoms with van der Waals surface area (Å²) in [6.07, 6.45) is 38.3. The lowest BCUT2D eigenvalue weighted by molar-refractivity contribution is 0.309. The maximum Gasteiger partial charge on any atom is -0.0414 e. The average Bonchev–Trinajstić information content (AvgIpc) is 2.80. The Morgan fingerprint density at radius 2 is 0.469 bits per heavy atom. The van der Waals surface area contributed by atoms with Crippen molar-refractivity contribution in [2.24, 2.45) is 11.8 Å². The van der Waals surface area contributed by atoms with Gasteiger partial charge in [0.15, 0.2) is 0 Å². The molecule has 0 rings (SSSR count). The van der Waals surface area contributed by atoms with Crippen LogP contribution in [0.4, 0.5) is 0 Å². The van der Waals surface area contributed by atoms with Gasteiger partial charge < -0.3 is 0 Å². The van der Waals surface area contributed by atoms with E-state index in [9.17, 15) is 0 Å².